The molecule has 1 rings (SSSR count). The minimum absolute atomic E-state index is 0.556. The molecule has 0 aliphatic heterocycles. The van der Waals surface area contributed by atoms with Crippen molar-refractivity contribution < 1.29 is 4.74 Å². The zero-order valence-electron chi connectivity index (χ0n) is 8.41. The fourth-order valence-corrected chi connectivity index (χ4v) is 2.08. The summed E-state index contributed by atoms with van der Waals surface area (Å²) in [6, 6.07) is 8.27. The first kappa shape index (κ1) is 10.5. The van der Waals surface area contributed by atoms with Crippen LogP contribution in [0.1, 0.15) is 24.7 Å². The molecule has 0 unspecified atom stereocenters. The molecular formula is C11H16OS. The van der Waals surface area contributed by atoms with Gasteiger partial charge >= 0.3 is 0 Å². The van der Waals surface area contributed by atoms with Gasteiger partial charge in [0.05, 0.1) is 7.11 Å². The third kappa shape index (κ3) is 2.96. The molecule has 0 spiro atoms. The van der Waals surface area contributed by atoms with E-state index in [1.807, 2.05) is 23.9 Å². The van der Waals surface area contributed by atoms with Crippen LogP contribution >= 0.6 is 11.8 Å². The van der Waals surface area contributed by atoms with E-state index in [-0.39, 0.29) is 0 Å². The molecule has 0 aliphatic carbocycles. The average Bonchev–Trinajstić information content (AvgIpc) is 2.18. The number of thioether (sulfide) groups is 1. The second-order valence-corrected chi connectivity index (χ2v) is 4.49. The first-order chi connectivity index (χ1) is 6.27. The van der Waals surface area contributed by atoms with Crippen LogP contribution in [0.5, 0.6) is 5.75 Å². The summed E-state index contributed by atoms with van der Waals surface area (Å²) in [6.07, 6.45) is 0. The lowest BCUT2D eigenvalue weighted by Crippen LogP contribution is -1.90. The highest BCUT2D eigenvalue weighted by Gasteiger charge is 2.04. The van der Waals surface area contributed by atoms with Crippen molar-refractivity contribution in [2.45, 2.75) is 19.1 Å². The summed E-state index contributed by atoms with van der Waals surface area (Å²) in [6.45, 7) is 4.41. The molecule has 0 aromatic heterocycles. The molecule has 1 aromatic carbocycles. The number of methoxy groups -OCH3 is 1. The Morgan fingerprint density at radius 2 is 2.23 bits per heavy atom. The van der Waals surface area contributed by atoms with Crippen molar-refractivity contribution in [3.8, 4) is 5.75 Å². The van der Waals surface area contributed by atoms with Crippen LogP contribution in [-0.2, 0) is 0 Å². The highest BCUT2D eigenvalue weighted by atomic mass is 32.2. The summed E-state index contributed by atoms with van der Waals surface area (Å²) in [7, 11) is 1.71. The van der Waals surface area contributed by atoms with Crippen LogP contribution in [0.25, 0.3) is 0 Å². The molecule has 13 heavy (non-hydrogen) atoms. The third-order valence-corrected chi connectivity index (χ3v) is 3.09. The van der Waals surface area contributed by atoms with Crippen LogP contribution in [-0.4, -0.2) is 12.9 Å². The number of hydrogen-bond acceptors (Lipinski definition) is 2. The Morgan fingerprint density at radius 1 is 1.46 bits per heavy atom. The normalized spacial score (nSPS) is 12.5. The predicted molar refractivity (Wildman–Crippen MR) is 59.5 cm³/mol. The van der Waals surface area contributed by atoms with Gasteiger partial charge in [0.1, 0.15) is 5.75 Å². The summed E-state index contributed by atoms with van der Waals surface area (Å²) >= 11 is 1.95. The van der Waals surface area contributed by atoms with Crippen molar-refractivity contribution in [1.82, 2.24) is 0 Å². The smallest absolute Gasteiger partial charge is 0.119 e. The molecule has 0 heterocycles. The van der Waals surface area contributed by atoms with Crippen molar-refractivity contribution in [1.29, 1.82) is 0 Å². The average molecular weight is 196 g/mol. The van der Waals surface area contributed by atoms with Crippen LogP contribution in [0.15, 0.2) is 24.3 Å². The Morgan fingerprint density at radius 3 is 2.85 bits per heavy atom. The van der Waals surface area contributed by atoms with Crippen molar-refractivity contribution in [2.75, 3.05) is 12.9 Å². The Labute approximate surface area is 84.5 Å². The Hall–Kier alpha value is -0.630. The molecule has 0 saturated carbocycles. The number of benzene rings is 1. The molecule has 0 fully saturated rings. The van der Waals surface area contributed by atoms with Crippen LogP contribution in [0, 0.1) is 0 Å². The summed E-state index contributed by atoms with van der Waals surface area (Å²) < 4.78 is 5.17. The van der Waals surface area contributed by atoms with E-state index in [9.17, 15) is 0 Å². The highest BCUT2D eigenvalue weighted by Crippen LogP contribution is 2.29. The standard InChI is InChI=1S/C11H16OS/c1-4-13-9(2)10-6-5-7-11(8-10)12-3/h5-9H,4H2,1-3H3/t9-/m0/s1. The van der Waals surface area contributed by atoms with Gasteiger partial charge in [-0.15, -0.1) is 0 Å². The van der Waals surface area contributed by atoms with Crippen molar-refractivity contribution in [3.63, 3.8) is 0 Å². The zero-order valence-corrected chi connectivity index (χ0v) is 9.23. The van der Waals surface area contributed by atoms with E-state index in [0.717, 1.165) is 11.5 Å². The molecule has 1 nitrogen and oxygen atoms in total. The maximum absolute atomic E-state index is 5.17. The van der Waals surface area contributed by atoms with Gasteiger partial charge in [-0.25, -0.2) is 0 Å². The van der Waals surface area contributed by atoms with E-state index in [4.69, 9.17) is 4.74 Å². The van der Waals surface area contributed by atoms with Crippen LogP contribution in [0.4, 0.5) is 0 Å². The Bertz CT molecular complexity index is 260. The van der Waals surface area contributed by atoms with E-state index in [1.54, 1.807) is 7.11 Å². The monoisotopic (exact) mass is 196 g/mol. The Balaban J connectivity index is 2.75. The molecule has 0 amide bonds. The Kier molecular flexibility index (Phi) is 4.16. The van der Waals surface area contributed by atoms with Gasteiger partial charge < -0.3 is 4.74 Å². The molecule has 0 aliphatic rings. The SMILES string of the molecule is CCS[C@@H](C)c1cccc(OC)c1. The van der Waals surface area contributed by atoms with E-state index in [1.165, 1.54) is 5.56 Å². The maximum atomic E-state index is 5.17. The van der Waals surface area contributed by atoms with Gasteiger partial charge in [-0.1, -0.05) is 19.1 Å². The predicted octanol–water partition coefficient (Wildman–Crippen LogP) is 3.51. The van der Waals surface area contributed by atoms with Gasteiger partial charge in [0.15, 0.2) is 0 Å². The second kappa shape index (κ2) is 5.18. The summed E-state index contributed by atoms with van der Waals surface area (Å²) in [4.78, 5) is 0. The van der Waals surface area contributed by atoms with Crippen molar-refractivity contribution >= 4 is 11.8 Å². The first-order valence-corrected chi connectivity index (χ1v) is 5.58. The molecule has 72 valence electrons. The molecule has 0 bridgehead atoms. The summed E-state index contributed by atoms with van der Waals surface area (Å²) in [5.41, 5.74) is 1.34. The second-order valence-electron chi connectivity index (χ2n) is 2.87. The fraction of sp³-hybridized carbons (Fsp3) is 0.455. The van der Waals surface area contributed by atoms with Gasteiger partial charge in [-0.05, 0) is 30.4 Å². The number of rotatable bonds is 4. The topological polar surface area (TPSA) is 9.23 Å². The largest absolute Gasteiger partial charge is 0.497 e. The lowest BCUT2D eigenvalue weighted by Gasteiger charge is -2.11. The molecule has 0 radical (unpaired) electrons. The molecule has 0 saturated heterocycles. The van der Waals surface area contributed by atoms with E-state index >= 15 is 0 Å². The number of ether oxygens (including phenoxy) is 1. The minimum Gasteiger partial charge on any atom is -0.497 e. The minimum atomic E-state index is 0.556. The molecular weight excluding hydrogens is 180 g/mol. The van der Waals surface area contributed by atoms with Crippen LogP contribution in [0.3, 0.4) is 0 Å². The van der Waals surface area contributed by atoms with Gasteiger partial charge in [0, 0.05) is 5.25 Å². The van der Waals surface area contributed by atoms with Crippen LogP contribution in [0.2, 0.25) is 0 Å². The van der Waals surface area contributed by atoms with Gasteiger partial charge in [-0.3, -0.25) is 0 Å². The maximum Gasteiger partial charge on any atom is 0.119 e. The summed E-state index contributed by atoms with van der Waals surface area (Å²) in [5.74, 6) is 2.10. The molecule has 1 aromatic rings. The van der Waals surface area contributed by atoms with Gasteiger partial charge in [0.25, 0.3) is 0 Å². The fourth-order valence-electron chi connectivity index (χ4n) is 1.24. The zero-order chi connectivity index (χ0) is 9.68. The van der Waals surface area contributed by atoms with Gasteiger partial charge in [-0.2, -0.15) is 11.8 Å². The summed E-state index contributed by atoms with van der Waals surface area (Å²) in [5, 5.41) is 0.556. The van der Waals surface area contributed by atoms with E-state index < -0.39 is 0 Å². The third-order valence-electron chi connectivity index (χ3n) is 1.98. The quantitative estimate of drug-likeness (QED) is 0.728. The molecule has 1 atom stereocenters. The van der Waals surface area contributed by atoms with E-state index in [2.05, 4.69) is 26.0 Å². The number of hydrogen-bond donors (Lipinski definition) is 0. The van der Waals surface area contributed by atoms with Gasteiger partial charge in [0.2, 0.25) is 0 Å². The van der Waals surface area contributed by atoms with Crippen molar-refractivity contribution in [3.05, 3.63) is 29.8 Å². The highest BCUT2D eigenvalue weighted by molar-refractivity contribution is 7.99. The molecule has 2 heteroatoms. The lowest BCUT2D eigenvalue weighted by atomic mass is 10.1. The van der Waals surface area contributed by atoms with E-state index in [0.29, 0.717) is 5.25 Å². The van der Waals surface area contributed by atoms with Crippen molar-refractivity contribution in [2.24, 2.45) is 0 Å². The van der Waals surface area contributed by atoms with Crippen LogP contribution < -0.4 is 4.74 Å². The molecule has 0 N–H and O–H groups in total. The first-order valence-electron chi connectivity index (χ1n) is 4.53. The lowest BCUT2D eigenvalue weighted by molar-refractivity contribution is 0.414.